The molecule has 0 saturated heterocycles. The van der Waals surface area contributed by atoms with E-state index in [1.54, 1.807) is 36.4 Å². The molecule has 6 aromatic carbocycles. The molecular weight excluding hydrogens is 841 g/mol. The van der Waals surface area contributed by atoms with Gasteiger partial charge in [-0.3, -0.25) is 0 Å². The molecule has 12 N–H and O–H groups in total. The fourth-order valence-electron chi connectivity index (χ4n) is 10.7. The SMILES string of the molecule is CCC1c2cc(c(O)cc2O)C(CC)c2cc(c(O)cc2O)C(CC)c2cc(c(O)cc2O)C(CC)c2cc(c(O)cc2O)C(CC)c2cc(c(O)cc2O)C(CC)c2cc1c(O)cc2O. The maximum atomic E-state index is 11.5. The van der Waals surface area contributed by atoms with Crippen LogP contribution in [0.4, 0.5) is 0 Å². The summed E-state index contributed by atoms with van der Waals surface area (Å²) < 4.78 is 0. The quantitative estimate of drug-likeness (QED) is 0.0747. The minimum absolute atomic E-state index is 0.266. The van der Waals surface area contributed by atoms with Gasteiger partial charge >= 0.3 is 0 Å². The summed E-state index contributed by atoms with van der Waals surface area (Å²) in [6, 6.07) is 17.1. The molecule has 7 rings (SSSR count). The second-order valence-electron chi connectivity index (χ2n) is 17.6. The number of rotatable bonds is 6. The summed E-state index contributed by atoms with van der Waals surface area (Å²) in [4.78, 5) is 0. The molecule has 0 aromatic heterocycles. The van der Waals surface area contributed by atoms with Crippen LogP contribution in [-0.2, 0) is 0 Å². The molecule has 0 saturated carbocycles. The van der Waals surface area contributed by atoms with Crippen LogP contribution in [0.5, 0.6) is 69.0 Å². The van der Waals surface area contributed by atoms with Crippen LogP contribution in [0.1, 0.15) is 182 Å². The first kappa shape index (κ1) is 46.9. The Morgan fingerprint density at radius 1 is 0.197 bits per heavy atom. The minimum atomic E-state index is -0.712. The highest BCUT2D eigenvalue weighted by Gasteiger charge is 2.33. The van der Waals surface area contributed by atoms with Crippen LogP contribution in [0.3, 0.4) is 0 Å². The molecule has 348 valence electrons. The highest BCUT2D eigenvalue weighted by atomic mass is 16.3. The third-order valence-electron chi connectivity index (χ3n) is 14.0. The Balaban J connectivity index is 1.58. The molecule has 12 nitrogen and oxygen atoms in total. The van der Waals surface area contributed by atoms with Gasteiger partial charge in [0, 0.05) is 139 Å². The van der Waals surface area contributed by atoms with Crippen LogP contribution < -0.4 is 0 Å². The van der Waals surface area contributed by atoms with Gasteiger partial charge in [0.15, 0.2) is 0 Å². The van der Waals surface area contributed by atoms with Gasteiger partial charge in [-0.25, -0.2) is 0 Å². The van der Waals surface area contributed by atoms with Crippen LogP contribution in [0.2, 0.25) is 0 Å². The molecule has 0 radical (unpaired) electrons. The van der Waals surface area contributed by atoms with Crippen LogP contribution in [0.15, 0.2) is 72.8 Å². The van der Waals surface area contributed by atoms with Gasteiger partial charge in [0.2, 0.25) is 0 Å². The van der Waals surface area contributed by atoms with Crippen LogP contribution in [0.25, 0.3) is 0 Å². The van der Waals surface area contributed by atoms with E-state index in [0.717, 1.165) is 0 Å². The van der Waals surface area contributed by atoms with Crippen molar-refractivity contribution in [3.05, 3.63) is 140 Å². The summed E-state index contributed by atoms with van der Waals surface area (Å²) >= 11 is 0. The van der Waals surface area contributed by atoms with Gasteiger partial charge in [0.25, 0.3) is 0 Å². The van der Waals surface area contributed by atoms with Crippen molar-refractivity contribution in [1.29, 1.82) is 0 Å². The van der Waals surface area contributed by atoms with Gasteiger partial charge in [-0.1, -0.05) is 41.5 Å². The van der Waals surface area contributed by atoms with Crippen LogP contribution in [-0.4, -0.2) is 61.3 Å². The van der Waals surface area contributed by atoms with E-state index in [1.165, 1.54) is 36.4 Å². The van der Waals surface area contributed by atoms with Gasteiger partial charge in [0.05, 0.1) is 0 Å². The monoisotopic (exact) mass is 900 g/mol. The van der Waals surface area contributed by atoms with Gasteiger partial charge in [-0.05, 0) is 74.9 Å². The number of fused-ring (bicyclic) bond motifs is 12. The molecule has 0 spiro atoms. The smallest absolute Gasteiger partial charge is 0.123 e. The Hall–Kier alpha value is -7.08. The normalized spacial score (nSPS) is 19.5. The lowest BCUT2D eigenvalue weighted by Gasteiger charge is -2.28. The van der Waals surface area contributed by atoms with Crippen molar-refractivity contribution in [1.82, 2.24) is 0 Å². The largest absolute Gasteiger partial charge is 0.508 e. The van der Waals surface area contributed by atoms with E-state index in [9.17, 15) is 61.3 Å². The van der Waals surface area contributed by atoms with E-state index in [1.807, 2.05) is 41.5 Å². The Bertz CT molecular complexity index is 2170. The van der Waals surface area contributed by atoms with E-state index >= 15 is 0 Å². The number of phenols is 12. The summed E-state index contributed by atoms with van der Waals surface area (Å²) in [5.41, 5.74) is 4.04. The summed E-state index contributed by atoms with van der Waals surface area (Å²) in [7, 11) is 0. The maximum absolute atomic E-state index is 11.5. The first-order valence-electron chi connectivity index (χ1n) is 22.8. The summed E-state index contributed by atoms with van der Waals surface area (Å²) in [5.74, 6) is -7.46. The molecule has 0 amide bonds. The average molecular weight is 901 g/mol. The Labute approximate surface area is 384 Å². The van der Waals surface area contributed by atoms with Gasteiger partial charge in [0.1, 0.15) is 69.0 Å². The number of benzene rings is 6. The first-order chi connectivity index (χ1) is 31.4. The number of phenolic OH excluding ortho intramolecular Hbond substituents is 12. The van der Waals surface area contributed by atoms with Crippen molar-refractivity contribution in [2.24, 2.45) is 0 Å². The standard InChI is InChI=1S/C54H60O12/c1-7-25-31-13-33(45(57)19-43(31)55)26(8-2)35-15-37(49(61)21-47(35)59)28(10-4)39-17-41(53(65)23-51(39)63)30(12-6)42-18-40(52(64)24-54(42)66)29(11-5)38-16-36(48(60)22-50(38)62)27(9-3)34-14-32(25)44(56)20-46(34)58/h13-30,55-66H,7-12H2,1-6H3. The van der Waals surface area contributed by atoms with Crippen molar-refractivity contribution in [3.8, 4) is 69.0 Å². The molecular formula is C54H60O12. The average Bonchev–Trinajstić information content (AvgIpc) is 3.26. The van der Waals surface area contributed by atoms with Crippen LogP contribution in [0, 0.1) is 0 Å². The first-order valence-corrected chi connectivity index (χ1v) is 22.8. The molecule has 6 aromatic rings. The van der Waals surface area contributed by atoms with E-state index < -0.39 is 35.5 Å². The van der Waals surface area contributed by atoms with Gasteiger partial charge in [-0.15, -0.1) is 0 Å². The zero-order valence-corrected chi connectivity index (χ0v) is 38.0. The maximum Gasteiger partial charge on any atom is 0.123 e. The predicted octanol–water partition coefficient (Wildman–Crippen LogP) is 11.7. The van der Waals surface area contributed by atoms with Crippen molar-refractivity contribution in [2.45, 2.75) is 116 Å². The lowest BCUT2D eigenvalue weighted by atomic mass is 9.78. The second kappa shape index (κ2) is 18.4. The highest BCUT2D eigenvalue weighted by Crippen LogP contribution is 2.53. The summed E-state index contributed by atoms with van der Waals surface area (Å²) in [6.45, 7) is 11.1. The van der Waals surface area contributed by atoms with E-state index in [0.29, 0.717) is 105 Å². The third-order valence-corrected chi connectivity index (χ3v) is 14.0. The Morgan fingerprint density at radius 3 is 0.364 bits per heavy atom. The van der Waals surface area contributed by atoms with Gasteiger partial charge in [-0.2, -0.15) is 0 Å². The third kappa shape index (κ3) is 8.03. The number of hydrogen-bond acceptors (Lipinski definition) is 12. The molecule has 0 aliphatic heterocycles. The van der Waals surface area contributed by atoms with Crippen molar-refractivity contribution in [2.75, 3.05) is 0 Å². The Kier molecular flexibility index (Phi) is 13.1. The molecule has 66 heavy (non-hydrogen) atoms. The molecule has 0 fully saturated rings. The second-order valence-corrected chi connectivity index (χ2v) is 17.6. The van der Waals surface area contributed by atoms with E-state index in [-0.39, 0.29) is 69.0 Å². The molecule has 12 bridgehead atoms. The summed E-state index contributed by atoms with van der Waals surface area (Å²) in [6.07, 6.45) is 1.99. The zero-order valence-electron chi connectivity index (χ0n) is 38.0. The van der Waals surface area contributed by atoms with Crippen molar-refractivity contribution in [3.63, 3.8) is 0 Å². The molecule has 1 aliphatic rings. The van der Waals surface area contributed by atoms with E-state index in [4.69, 9.17) is 0 Å². The molecule has 0 atom stereocenters. The highest BCUT2D eigenvalue weighted by molar-refractivity contribution is 5.63. The molecule has 1 aliphatic carbocycles. The fraction of sp³-hybridized carbons (Fsp3) is 0.333. The van der Waals surface area contributed by atoms with E-state index in [2.05, 4.69) is 0 Å². The molecule has 0 unspecified atom stereocenters. The lowest BCUT2D eigenvalue weighted by Crippen LogP contribution is -2.10. The van der Waals surface area contributed by atoms with Gasteiger partial charge < -0.3 is 61.3 Å². The molecule has 12 heteroatoms. The Morgan fingerprint density at radius 2 is 0.288 bits per heavy atom. The minimum Gasteiger partial charge on any atom is -0.508 e. The van der Waals surface area contributed by atoms with Crippen molar-refractivity contribution >= 4 is 0 Å². The number of aromatic hydroxyl groups is 12. The topological polar surface area (TPSA) is 243 Å². The zero-order chi connectivity index (χ0) is 48.0. The molecule has 0 heterocycles. The van der Waals surface area contributed by atoms with Crippen molar-refractivity contribution < 1.29 is 61.3 Å². The summed E-state index contributed by atoms with van der Waals surface area (Å²) in [5, 5.41) is 138. The number of hydrogen-bond donors (Lipinski definition) is 12. The predicted molar refractivity (Wildman–Crippen MR) is 251 cm³/mol. The van der Waals surface area contributed by atoms with Crippen LogP contribution >= 0.6 is 0 Å². The fourth-order valence-corrected chi connectivity index (χ4v) is 10.7. The lowest BCUT2D eigenvalue weighted by molar-refractivity contribution is 0.426.